The second-order valence-electron chi connectivity index (χ2n) is 6.90. The second kappa shape index (κ2) is 8.66. The van der Waals surface area contributed by atoms with Crippen molar-refractivity contribution in [3.63, 3.8) is 0 Å². The molecule has 1 saturated heterocycles. The molecule has 7 nitrogen and oxygen atoms in total. The number of fused-ring (bicyclic) bond motifs is 1. The fourth-order valence-electron chi connectivity index (χ4n) is 3.22. The molecule has 0 bridgehead atoms. The number of piperidine rings is 1. The Morgan fingerprint density at radius 1 is 1.13 bits per heavy atom. The summed E-state index contributed by atoms with van der Waals surface area (Å²) in [6.45, 7) is 0.820. The van der Waals surface area contributed by atoms with E-state index in [0.717, 1.165) is 19.3 Å². The van der Waals surface area contributed by atoms with E-state index in [1.807, 2.05) is 0 Å². The lowest BCUT2D eigenvalue weighted by atomic mass is 10.2. The van der Waals surface area contributed by atoms with E-state index in [1.165, 1.54) is 52.0 Å². The first-order valence-corrected chi connectivity index (χ1v) is 11.8. The van der Waals surface area contributed by atoms with Crippen LogP contribution in [0.4, 0.5) is 9.52 Å². The van der Waals surface area contributed by atoms with Crippen molar-refractivity contribution in [3.05, 3.63) is 48.3 Å². The number of rotatable bonds is 6. The molecule has 1 aromatic heterocycles. The number of thiazole rings is 1. The van der Waals surface area contributed by atoms with E-state index in [4.69, 9.17) is 4.74 Å². The molecule has 0 aliphatic carbocycles. The molecule has 1 aliphatic rings. The lowest BCUT2D eigenvalue weighted by Crippen LogP contribution is -2.35. The zero-order valence-corrected chi connectivity index (χ0v) is 17.6. The highest BCUT2D eigenvalue weighted by Gasteiger charge is 2.25. The molecular weight excluding hydrogens is 429 g/mol. The molecule has 1 fully saturated rings. The summed E-state index contributed by atoms with van der Waals surface area (Å²) in [5.74, 6) is -0.397. The number of carbonyl (C=O) groups is 1. The fourth-order valence-corrected chi connectivity index (χ4v) is 5.64. The molecule has 0 spiro atoms. The van der Waals surface area contributed by atoms with Crippen LogP contribution in [0.2, 0.25) is 0 Å². The van der Waals surface area contributed by atoms with Crippen molar-refractivity contribution in [1.82, 2.24) is 9.29 Å². The van der Waals surface area contributed by atoms with Crippen molar-refractivity contribution in [1.29, 1.82) is 0 Å². The Kier molecular flexibility index (Phi) is 5.98. The highest BCUT2D eigenvalue weighted by molar-refractivity contribution is 7.89. The third-order valence-corrected chi connectivity index (χ3v) is 7.59. The first-order valence-electron chi connectivity index (χ1n) is 9.51. The number of amides is 1. The quantitative estimate of drug-likeness (QED) is 0.621. The number of nitrogens with zero attached hydrogens (tertiary/aromatic N) is 2. The Morgan fingerprint density at radius 2 is 1.87 bits per heavy atom. The molecule has 158 valence electrons. The van der Waals surface area contributed by atoms with Gasteiger partial charge in [0.05, 0.1) is 15.1 Å². The minimum Gasteiger partial charge on any atom is -0.484 e. The van der Waals surface area contributed by atoms with Crippen molar-refractivity contribution < 1.29 is 22.3 Å². The van der Waals surface area contributed by atoms with Crippen LogP contribution in [0.15, 0.2) is 47.4 Å². The number of sulfonamides is 1. The Hall–Kier alpha value is -2.56. The Bertz CT molecular complexity index is 1160. The first-order chi connectivity index (χ1) is 14.4. The average molecular weight is 450 g/mol. The van der Waals surface area contributed by atoms with Crippen molar-refractivity contribution in [2.45, 2.75) is 24.2 Å². The SMILES string of the molecule is O=C(COc1ccc(S(=O)(=O)N2CCCCC2)cc1)Nc1nc2ccc(F)cc2s1. The molecule has 1 aliphatic heterocycles. The Balaban J connectivity index is 1.34. The smallest absolute Gasteiger partial charge is 0.264 e. The van der Waals surface area contributed by atoms with Crippen LogP contribution >= 0.6 is 11.3 Å². The summed E-state index contributed by atoms with van der Waals surface area (Å²) in [6.07, 6.45) is 2.80. The number of hydrogen-bond donors (Lipinski definition) is 1. The van der Waals surface area contributed by atoms with Gasteiger partial charge in [-0.2, -0.15) is 4.31 Å². The summed E-state index contributed by atoms with van der Waals surface area (Å²) in [5, 5.41) is 2.97. The van der Waals surface area contributed by atoms with Crippen molar-refractivity contribution >= 4 is 42.6 Å². The standard InChI is InChI=1S/C20H20FN3O4S2/c21-14-4-9-17-18(12-14)29-20(22-17)23-19(25)13-28-15-5-7-16(8-6-15)30(26,27)24-10-2-1-3-11-24/h4-9,12H,1-3,10-11,13H2,(H,22,23,25). The van der Waals surface area contributed by atoms with E-state index in [1.54, 1.807) is 6.07 Å². The number of benzene rings is 2. The predicted octanol–water partition coefficient (Wildman–Crippen LogP) is 3.63. The van der Waals surface area contributed by atoms with Gasteiger partial charge >= 0.3 is 0 Å². The van der Waals surface area contributed by atoms with Crippen LogP contribution in [0.25, 0.3) is 10.2 Å². The molecule has 2 heterocycles. The maximum absolute atomic E-state index is 13.3. The summed E-state index contributed by atoms with van der Waals surface area (Å²) >= 11 is 1.17. The number of nitrogens with one attached hydrogen (secondary N) is 1. The van der Waals surface area contributed by atoms with Crippen molar-refractivity contribution in [2.75, 3.05) is 25.0 Å². The second-order valence-corrected chi connectivity index (χ2v) is 9.87. The van der Waals surface area contributed by atoms with Gasteiger partial charge in [-0.05, 0) is 55.3 Å². The van der Waals surface area contributed by atoms with Gasteiger partial charge in [-0.3, -0.25) is 10.1 Å². The van der Waals surface area contributed by atoms with Gasteiger partial charge in [0.1, 0.15) is 11.6 Å². The summed E-state index contributed by atoms with van der Waals surface area (Å²) in [6, 6.07) is 10.3. The van der Waals surface area contributed by atoms with Crippen LogP contribution in [0.3, 0.4) is 0 Å². The fraction of sp³-hybridized carbons (Fsp3) is 0.300. The molecular formula is C20H20FN3O4S2. The Labute approximate surface area is 177 Å². The van der Waals surface area contributed by atoms with E-state index in [9.17, 15) is 17.6 Å². The van der Waals surface area contributed by atoms with Crippen molar-refractivity contribution in [2.24, 2.45) is 0 Å². The third-order valence-electron chi connectivity index (χ3n) is 4.74. The van der Waals surface area contributed by atoms with E-state index < -0.39 is 15.9 Å². The van der Waals surface area contributed by atoms with E-state index in [0.29, 0.717) is 34.2 Å². The zero-order chi connectivity index (χ0) is 21.1. The normalized spacial score (nSPS) is 15.2. The number of hydrogen-bond acceptors (Lipinski definition) is 6. The minimum absolute atomic E-state index is 0.211. The number of carbonyl (C=O) groups excluding carboxylic acids is 1. The number of aromatic nitrogens is 1. The summed E-state index contributed by atoms with van der Waals surface area (Å²) in [4.78, 5) is 16.6. The molecule has 3 aromatic rings. The van der Waals surface area contributed by atoms with Crippen molar-refractivity contribution in [3.8, 4) is 5.75 Å². The molecule has 1 N–H and O–H groups in total. The molecule has 0 atom stereocenters. The van der Waals surface area contributed by atoms with Gasteiger partial charge in [-0.25, -0.2) is 17.8 Å². The average Bonchev–Trinajstić information content (AvgIpc) is 3.14. The summed E-state index contributed by atoms with van der Waals surface area (Å²) in [7, 11) is -3.50. The minimum atomic E-state index is -3.50. The van der Waals surface area contributed by atoms with Gasteiger partial charge < -0.3 is 4.74 Å². The van der Waals surface area contributed by atoms with E-state index in [2.05, 4.69) is 10.3 Å². The summed E-state index contributed by atoms with van der Waals surface area (Å²) < 4.78 is 46.1. The van der Waals surface area contributed by atoms with E-state index >= 15 is 0 Å². The molecule has 0 unspecified atom stereocenters. The van der Waals surface area contributed by atoms with Gasteiger partial charge in [0.2, 0.25) is 10.0 Å². The molecule has 2 aromatic carbocycles. The van der Waals surface area contributed by atoms with Crippen LogP contribution in [0.1, 0.15) is 19.3 Å². The van der Waals surface area contributed by atoms with Gasteiger partial charge in [-0.1, -0.05) is 17.8 Å². The summed E-state index contributed by atoms with van der Waals surface area (Å²) in [5.41, 5.74) is 0.600. The molecule has 1 amide bonds. The Morgan fingerprint density at radius 3 is 2.60 bits per heavy atom. The van der Waals surface area contributed by atoms with Gasteiger partial charge in [-0.15, -0.1) is 0 Å². The third kappa shape index (κ3) is 4.61. The predicted molar refractivity (Wildman–Crippen MR) is 113 cm³/mol. The first kappa shape index (κ1) is 20.7. The molecule has 0 radical (unpaired) electrons. The van der Waals surface area contributed by atoms with E-state index in [-0.39, 0.29) is 17.3 Å². The largest absolute Gasteiger partial charge is 0.484 e. The van der Waals surface area contributed by atoms with Crippen LogP contribution in [0.5, 0.6) is 5.75 Å². The topological polar surface area (TPSA) is 88.6 Å². The number of halogens is 1. The zero-order valence-electron chi connectivity index (χ0n) is 16.0. The number of ether oxygens (including phenoxy) is 1. The molecule has 0 saturated carbocycles. The lowest BCUT2D eigenvalue weighted by Gasteiger charge is -2.25. The van der Waals surface area contributed by atoms with Gasteiger partial charge in [0.25, 0.3) is 5.91 Å². The van der Waals surface area contributed by atoms with Gasteiger partial charge in [0, 0.05) is 13.1 Å². The molecule has 10 heteroatoms. The van der Waals surface area contributed by atoms with Crippen LogP contribution in [0, 0.1) is 5.82 Å². The maximum Gasteiger partial charge on any atom is 0.264 e. The highest BCUT2D eigenvalue weighted by Crippen LogP contribution is 2.26. The van der Waals surface area contributed by atoms with Crippen LogP contribution in [-0.2, 0) is 14.8 Å². The molecule has 30 heavy (non-hydrogen) atoms. The van der Waals surface area contributed by atoms with Crippen LogP contribution < -0.4 is 10.1 Å². The van der Waals surface area contributed by atoms with Crippen LogP contribution in [-0.4, -0.2) is 43.3 Å². The lowest BCUT2D eigenvalue weighted by molar-refractivity contribution is -0.118. The monoisotopic (exact) mass is 449 g/mol. The number of anilines is 1. The highest BCUT2D eigenvalue weighted by atomic mass is 32.2. The maximum atomic E-state index is 13.3. The van der Waals surface area contributed by atoms with Gasteiger partial charge in [0.15, 0.2) is 11.7 Å². The molecule has 4 rings (SSSR count).